The highest BCUT2D eigenvalue weighted by Crippen LogP contribution is 2.18. The van der Waals surface area contributed by atoms with Crippen molar-refractivity contribution in [2.75, 3.05) is 0 Å². The zero-order chi connectivity index (χ0) is 11.8. The summed E-state index contributed by atoms with van der Waals surface area (Å²) in [6.07, 6.45) is 2.02. The molecule has 0 atom stereocenters. The molecule has 0 aliphatic carbocycles. The molecule has 2 nitrogen and oxygen atoms in total. The van der Waals surface area contributed by atoms with E-state index in [9.17, 15) is 0 Å². The summed E-state index contributed by atoms with van der Waals surface area (Å²) in [5.74, 6) is 0. The Kier molecular flexibility index (Phi) is 2.34. The number of hydrogen-bond acceptors (Lipinski definition) is 1. The van der Waals surface area contributed by atoms with Gasteiger partial charge in [0.25, 0.3) is 0 Å². The third kappa shape index (κ3) is 1.78. The van der Waals surface area contributed by atoms with Crippen LogP contribution in [0.25, 0.3) is 16.5 Å². The van der Waals surface area contributed by atoms with Crippen molar-refractivity contribution in [3.8, 4) is 5.69 Å². The minimum Gasteiger partial charge on any atom is -0.335 e. The van der Waals surface area contributed by atoms with Crippen molar-refractivity contribution in [3.63, 3.8) is 0 Å². The number of aromatic amines is 1. The lowest BCUT2D eigenvalue weighted by Crippen LogP contribution is -1.91. The van der Waals surface area contributed by atoms with Gasteiger partial charge in [-0.05, 0) is 42.0 Å². The number of nitrogens with zero attached hydrogens (tertiary/aromatic N) is 1. The van der Waals surface area contributed by atoms with Gasteiger partial charge in [0.15, 0.2) is 4.77 Å². The Morgan fingerprint density at radius 2 is 1.82 bits per heavy atom. The van der Waals surface area contributed by atoms with E-state index in [0.29, 0.717) is 0 Å². The first kappa shape index (κ1) is 10.3. The Hall–Kier alpha value is -1.87. The molecule has 0 fully saturated rings. The smallest absolute Gasteiger partial charge is 0.181 e. The first-order chi connectivity index (χ1) is 8.24. The van der Waals surface area contributed by atoms with Crippen LogP contribution >= 0.6 is 12.2 Å². The molecule has 3 aromatic rings. The third-order valence-corrected chi connectivity index (χ3v) is 3.16. The van der Waals surface area contributed by atoms with Crippen molar-refractivity contribution in [2.24, 2.45) is 0 Å². The van der Waals surface area contributed by atoms with Crippen LogP contribution in [0.3, 0.4) is 0 Å². The van der Waals surface area contributed by atoms with Gasteiger partial charge in [0, 0.05) is 17.6 Å². The Balaban J connectivity index is 2.25. The Morgan fingerprint density at radius 3 is 2.53 bits per heavy atom. The molecule has 0 saturated heterocycles. The van der Waals surface area contributed by atoms with E-state index in [0.717, 1.165) is 16.2 Å². The van der Waals surface area contributed by atoms with E-state index < -0.39 is 0 Å². The highest BCUT2D eigenvalue weighted by Gasteiger charge is 2.01. The van der Waals surface area contributed by atoms with Crippen LogP contribution in [-0.4, -0.2) is 9.55 Å². The molecule has 0 aliphatic rings. The predicted molar refractivity (Wildman–Crippen MR) is 73.2 cm³/mol. The van der Waals surface area contributed by atoms with E-state index in [1.54, 1.807) is 0 Å². The van der Waals surface area contributed by atoms with E-state index >= 15 is 0 Å². The number of rotatable bonds is 1. The molecule has 1 N–H and O–H groups in total. The normalized spacial score (nSPS) is 10.9. The highest BCUT2D eigenvalue weighted by molar-refractivity contribution is 7.71. The molecule has 0 radical (unpaired) electrons. The molecular formula is C14H12N2S. The van der Waals surface area contributed by atoms with Crippen molar-refractivity contribution in [2.45, 2.75) is 6.92 Å². The summed E-state index contributed by atoms with van der Waals surface area (Å²) in [7, 11) is 0. The van der Waals surface area contributed by atoms with Gasteiger partial charge >= 0.3 is 0 Å². The number of aryl methyl sites for hydroxylation is 1. The van der Waals surface area contributed by atoms with Gasteiger partial charge in [0.1, 0.15) is 0 Å². The number of nitrogens with one attached hydrogen (secondary N) is 1. The molecule has 1 aromatic heterocycles. The van der Waals surface area contributed by atoms with E-state index in [2.05, 4.69) is 35.3 Å². The summed E-state index contributed by atoms with van der Waals surface area (Å²) in [6, 6.07) is 14.7. The highest BCUT2D eigenvalue weighted by atomic mass is 32.1. The van der Waals surface area contributed by atoms with Crippen LogP contribution in [0.15, 0.2) is 48.7 Å². The van der Waals surface area contributed by atoms with Crippen molar-refractivity contribution in [1.82, 2.24) is 9.55 Å². The SMILES string of the molecule is Cc1cn(-c2ccc3ccccc3c2)c(=S)[nH]1. The number of aromatic nitrogens is 2. The first-order valence-electron chi connectivity index (χ1n) is 5.51. The molecule has 2 aromatic carbocycles. The maximum atomic E-state index is 5.28. The first-order valence-corrected chi connectivity index (χ1v) is 5.92. The van der Waals surface area contributed by atoms with E-state index in [-0.39, 0.29) is 0 Å². The van der Waals surface area contributed by atoms with Gasteiger partial charge in [-0.25, -0.2) is 0 Å². The summed E-state index contributed by atoms with van der Waals surface area (Å²) in [4.78, 5) is 3.13. The van der Waals surface area contributed by atoms with Gasteiger partial charge in [0.2, 0.25) is 0 Å². The number of imidazole rings is 1. The topological polar surface area (TPSA) is 20.7 Å². The largest absolute Gasteiger partial charge is 0.335 e. The van der Waals surface area contributed by atoms with Crippen LogP contribution in [0.1, 0.15) is 5.69 Å². The molecule has 84 valence electrons. The molecular weight excluding hydrogens is 228 g/mol. The van der Waals surface area contributed by atoms with E-state index in [1.807, 2.05) is 29.8 Å². The third-order valence-electron chi connectivity index (χ3n) is 2.86. The second-order valence-electron chi connectivity index (χ2n) is 4.14. The summed E-state index contributed by atoms with van der Waals surface area (Å²) in [5.41, 5.74) is 2.17. The standard InChI is InChI=1S/C14H12N2S/c1-10-9-16(14(17)15-10)13-7-6-11-4-2-3-5-12(11)8-13/h2-9H,1H3,(H,15,17). The van der Waals surface area contributed by atoms with Crippen LogP contribution in [0.4, 0.5) is 0 Å². The zero-order valence-electron chi connectivity index (χ0n) is 9.47. The summed E-state index contributed by atoms with van der Waals surface area (Å²) in [6.45, 7) is 2.01. The monoisotopic (exact) mass is 240 g/mol. The van der Waals surface area contributed by atoms with Gasteiger partial charge in [0.05, 0.1) is 0 Å². The minimum atomic E-state index is 0.734. The Labute approximate surface area is 105 Å². The van der Waals surface area contributed by atoms with Crippen LogP contribution < -0.4 is 0 Å². The molecule has 0 amide bonds. The van der Waals surface area contributed by atoms with Crippen molar-refractivity contribution in [1.29, 1.82) is 0 Å². The average molecular weight is 240 g/mol. The maximum absolute atomic E-state index is 5.28. The van der Waals surface area contributed by atoms with Crippen molar-refractivity contribution < 1.29 is 0 Å². The molecule has 0 unspecified atom stereocenters. The number of hydrogen-bond donors (Lipinski definition) is 1. The molecule has 3 heteroatoms. The fourth-order valence-corrected chi connectivity index (χ4v) is 2.35. The average Bonchev–Trinajstić information content (AvgIpc) is 2.68. The molecule has 1 heterocycles. The fraction of sp³-hybridized carbons (Fsp3) is 0.0714. The molecule has 0 saturated carbocycles. The van der Waals surface area contributed by atoms with Crippen LogP contribution in [0.5, 0.6) is 0 Å². The van der Waals surface area contributed by atoms with Gasteiger partial charge in [-0.3, -0.25) is 4.57 Å². The zero-order valence-corrected chi connectivity index (χ0v) is 10.3. The molecule has 17 heavy (non-hydrogen) atoms. The number of H-pyrrole nitrogens is 1. The lowest BCUT2D eigenvalue weighted by molar-refractivity contribution is 1.03. The van der Waals surface area contributed by atoms with Crippen molar-refractivity contribution in [3.05, 3.63) is 59.1 Å². The summed E-state index contributed by atoms with van der Waals surface area (Å²) < 4.78 is 2.73. The quantitative estimate of drug-likeness (QED) is 0.638. The molecule has 0 aliphatic heterocycles. The molecule has 0 bridgehead atoms. The molecule has 0 spiro atoms. The summed E-state index contributed by atoms with van der Waals surface area (Å²) in [5, 5.41) is 2.47. The Bertz CT molecular complexity index is 737. The number of benzene rings is 2. The van der Waals surface area contributed by atoms with Gasteiger partial charge < -0.3 is 4.98 Å². The summed E-state index contributed by atoms with van der Waals surface area (Å²) >= 11 is 5.28. The van der Waals surface area contributed by atoms with Gasteiger partial charge in [-0.15, -0.1) is 0 Å². The minimum absolute atomic E-state index is 0.734. The second-order valence-corrected chi connectivity index (χ2v) is 4.53. The fourth-order valence-electron chi connectivity index (χ4n) is 2.03. The lowest BCUT2D eigenvalue weighted by atomic mass is 10.1. The molecule has 3 rings (SSSR count). The lowest BCUT2D eigenvalue weighted by Gasteiger charge is -2.04. The number of fused-ring (bicyclic) bond motifs is 1. The van der Waals surface area contributed by atoms with Crippen LogP contribution in [0.2, 0.25) is 0 Å². The van der Waals surface area contributed by atoms with Gasteiger partial charge in [-0.2, -0.15) is 0 Å². The van der Waals surface area contributed by atoms with Gasteiger partial charge in [-0.1, -0.05) is 30.3 Å². The van der Waals surface area contributed by atoms with Crippen LogP contribution in [-0.2, 0) is 0 Å². The van der Waals surface area contributed by atoms with E-state index in [4.69, 9.17) is 12.2 Å². The van der Waals surface area contributed by atoms with Crippen LogP contribution in [0, 0.1) is 11.7 Å². The second kappa shape index (κ2) is 3.86. The van der Waals surface area contributed by atoms with Crippen molar-refractivity contribution >= 4 is 23.0 Å². The predicted octanol–water partition coefficient (Wildman–Crippen LogP) is 4.00. The Morgan fingerprint density at radius 1 is 1.06 bits per heavy atom. The van der Waals surface area contributed by atoms with E-state index in [1.165, 1.54) is 10.8 Å². The maximum Gasteiger partial charge on any atom is 0.181 e.